The molecule has 1 saturated heterocycles. The minimum atomic E-state index is 0.132. The van der Waals surface area contributed by atoms with Gasteiger partial charge < -0.3 is 9.47 Å². The maximum Gasteiger partial charge on any atom is 0.0594 e. The van der Waals surface area contributed by atoms with Crippen molar-refractivity contribution in [2.24, 2.45) is 0 Å². The van der Waals surface area contributed by atoms with Crippen LogP contribution < -0.4 is 0 Å². The van der Waals surface area contributed by atoms with Crippen molar-refractivity contribution >= 4 is 0 Å². The van der Waals surface area contributed by atoms with Gasteiger partial charge in [-0.25, -0.2) is 0 Å². The molecule has 0 aromatic heterocycles. The monoisotopic (exact) mass is 172 g/mol. The molecule has 0 spiro atoms. The fourth-order valence-electron chi connectivity index (χ4n) is 1.27. The molecule has 0 aromatic carbocycles. The van der Waals surface area contributed by atoms with Crippen molar-refractivity contribution in [3.63, 3.8) is 0 Å². The molecule has 71 valence electrons. The van der Waals surface area contributed by atoms with Gasteiger partial charge in [0.2, 0.25) is 0 Å². The van der Waals surface area contributed by atoms with E-state index in [9.17, 15) is 0 Å². The maximum absolute atomic E-state index is 5.24. The normalized spacial score (nSPS) is 22.5. The molecular weight excluding hydrogens is 154 g/mol. The van der Waals surface area contributed by atoms with Crippen molar-refractivity contribution in [1.82, 2.24) is 4.90 Å². The molecule has 0 aliphatic carbocycles. The summed E-state index contributed by atoms with van der Waals surface area (Å²) >= 11 is 0. The van der Waals surface area contributed by atoms with E-state index < -0.39 is 0 Å². The van der Waals surface area contributed by atoms with Crippen LogP contribution in [0.25, 0.3) is 0 Å². The zero-order chi connectivity index (χ0) is 8.81. The van der Waals surface area contributed by atoms with Gasteiger partial charge in [0.1, 0.15) is 0 Å². The number of nitrogens with zero attached hydrogens (tertiary/aromatic N) is 1. The number of methoxy groups -OCH3 is 1. The van der Waals surface area contributed by atoms with Crippen LogP contribution in [0.5, 0.6) is 0 Å². The molecule has 0 N–H and O–H groups in total. The van der Waals surface area contributed by atoms with Gasteiger partial charge in [-0.05, 0) is 13.3 Å². The second-order valence-corrected chi connectivity index (χ2v) is 3.10. The molecule has 0 amide bonds. The lowest BCUT2D eigenvalue weighted by molar-refractivity contribution is 0.0294. The molecule has 1 aliphatic heterocycles. The van der Waals surface area contributed by atoms with Gasteiger partial charge in [-0.3, -0.25) is 4.90 Å². The Balaban J connectivity index is 2.05. The number of rotatable bonds is 4. The van der Waals surface area contributed by atoms with Crippen molar-refractivity contribution in [2.45, 2.75) is 12.5 Å². The van der Waals surface area contributed by atoms with Gasteiger partial charge in [-0.1, -0.05) is 0 Å². The van der Waals surface area contributed by atoms with Gasteiger partial charge in [0.15, 0.2) is 0 Å². The predicted molar refractivity (Wildman–Crippen MR) is 48.0 cm³/mol. The predicted octanol–water partition coefficient (Wildman–Crippen LogP) is 0.558. The summed E-state index contributed by atoms with van der Waals surface area (Å²) in [5.74, 6) is 0. The molecule has 1 unspecified atom stereocenters. The quantitative estimate of drug-likeness (QED) is 0.618. The van der Waals surface area contributed by atoms with E-state index in [2.05, 4.69) is 11.8 Å². The molecule has 3 nitrogen and oxygen atoms in total. The van der Waals surface area contributed by atoms with Crippen molar-refractivity contribution in [2.75, 3.05) is 40.0 Å². The van der Waals surface area contributed by atoms with Crippen LogP contribution in [-0.4, -0.2) is 51.0 Å². The highest BCUT2D eigenvalue weighted by Crippen LogP contribution is 2.01. The third-order valence-corrected chi connectivity index (χ3v) is 2.20. The standard InChI is InChI=1S/C9H18NO2/c1-9(11-2)3-4-10-5-7-12-8-6-10/h9H,1,3-8H2,2H3. The first-order valence-corrected chi connectivity index (χ1v) is 4.49. The van der Waals surface area contributed by atoms with E-state index >= 15 is 0 Å². The number of hydrogen-bond acceptors (Lipinski definition) is 3. The Bertz CT molecular complexity index is 113. The molecule has 3 heteroatoms. The molecule has 1 heterocycles. The lowest BCUT2D eigenvalue weighted by Crippen LogP contribution is -2.37. The van der Waals surface area contributed by atoms with Crippen LogP contribution >= 0.6 is 0 Å². The van der Waals surface area contributed by atoms with Gasteiger partial charge in [0, 0.05) is 26.7 Å². The summed E-state index contributed by atoms with van der Waals surface area (Å²) < 4.78 is 10.3. The van der Waals surface area contributed by atoms with Crippen molar-refractivity contribution in [3.8, 4) is 0 Å². The van der Waals surface area contributed by atoms with Crippen LogP contribution in [0, 0.1) is 6.92 Å². The zero-order valence-corrected chi connectivity index (χ0v) is 7.79. The van der Waals surface area contributed by atoms with E-state index in [1.54, 1.807) is 7.11 Å². The van der Waals surface area contributed by atoms with Gasteiger partial charge >= 0.3 is 0 Å². The van der Waals surface area contributed by atoms with Crippen LogP contribution in [0.1, 0.15) is 6.42 Å². The lowest BCUT2D eigenvalue weighted by Gasteiger charge is -2.27. The maximum atomic E-state index is 5.24. The molecule has 12 heavy (non-hydrogen) atoms. The summed E-state index contributed by atoms with van der Waals surface area (Å²) in [6.07, 6.45) is 1.14. The van der Waals surface area contributed by atoms with Gasteiger partial charge in [0.05, 0.1) is 19.3 Å². The summed E-state index contributed by atoms with van der Waals surface area (Å²) in [4.78, 5) is 2.39. The topological polar surface area (TPSA) is 21.7 Å². The summed E-state index contributed by atoms with van der Waals surface area (Å²) in [6.45, 7) is 8.78. The van der Waals surface area contributed by atoms with Crippen molar-refractivity contribution < 1.29 is 9.47 Å². The second kappa shape index (κ2) is 5.51. The Morgan fingerprint density at radius 3 is 2.75 bits per heavy atom. The Hall–Kier alpha value is -0.120. The first kappa shape index (κ1) is 9.96. The minimum Gasteiger partial charge on any atom is -0.381 e. The highest BCUT2D eigenvalue weighted by atomic mass is 16.5. The van der Waals surface area contributed by atoms with E-state index in [4.69, 9.17) is 9.47 Å². The Labute approximate surface area is 74.6 Å². The fraction of sp³-hybridized carbons (Fsp3) is 0.889. The molecule has 1 atom stereocenters. The highest BCUT2D eigenvalue weighted by Gasteiger charge is 2.10. The van der Waals surface area contributed by atoms with Crippen LogP contribution in [0.3, 0.4) is 0 Å². The summed E-state index contributed by atoms with van der Waals surface area (Å²) in [5, 5.41) is 0. The van der Waals surface area contributed by atoms with Gasteiger partial charge in [-0.15, -0.1) is 0 Å². The number of hydrogen-bond donors (Lipinski definition) is 0. The van der Waals surface area contributed by atoms with Gasteiger partial charge in [0.25, 0.3) is 0 Å². The summed E-state index contributed by atoms with van der Waals surface area (Å²) in [6, 6.07) is 0. The molecule has 0 aromatic rings. The minimum absolute atomic E-state index is 0.132. The molecule has 0 bridgehead atoms. The third-order valence-electron chi connectivity index (χ3n) is 2.20. The van der Waals surface area contributed by atoms with Crippen molar-refractivity contribution in [3.05, 3.63) is 6.92 Å². The smallest absolute Gasteiger partial charge is 0.0594 e. The van der Waals surface area contributed by atoms with E-state index in [0.29, 0.717) is 0 Å². The average molecular weight is 172 g/mol. The van der Waals surface area contributed by atoms with E-state index in [1.165, 1.54) is 0 Å². The SMILES string of the molecule is [CH2]C(CCN1CCOCC1)OC. The largest absolute Gasteiger partial charge is 0.381 e. The van der Waals surface area contributed by atoms with Crippen molar-refractivity contribution in [1.29, 1.82) is 0 Å². The molecule has 1 rings (SSSR count). The van der Waals surface area contributed by atoms with E-state index in [-0.39, 0.29) is 6.10 Å². The van der Waals surface area contributed by atoms with Crippen LogP contribution in [0.15, 0.2) is 0 Å². The molecule has 1 aliphatic rings. The third kappa shape index (κ3) is 3.52. The number of ether oxygens (including phenoxy) is 2. The lowest BCUT2D eigenvalue weighted by atomic mass is 10.2. The van der Waals surface area contributed by atoms with Crippen LogP contribution in [0.2, 0.25) is 0 Å². The number of morpholine rings is 1. The molecular formula is C9H18NO2. The Kier molecular flexibility index (Phi) is 4.58. The molecule has 0 saturated carbocycles. The van der Waals surface area contributed by atoms with Crippen LogP contribution in [-0.2, 0) is 9.47 Å². The fourth-order valence-corrected chi connectivity index (χ4v) is 1.27. The molecule has 1 radical (unpaired) electrons. The first-order chi connectivity index (χ1) is 5.83. The summed E-state index contributed by atoms with van der Waals surface area (Å²) in [7, 11) is 1.71. The first-order valence-electron chi connectivity index (χ1n) is 4.49. The second-order valence-electron chi connectivity index (χ2n) is 3.10. The average Bonchev–Trinajstić information content (AvgIpc) is 2.16. The summed E-state index contributed by atoms with van der Waals surface area (Å²) in [5.41, 5.74) is 0. The molecule has 1 fully saturated rings. The van der Waals surface area contributed by atoms with Gasteiger partial charge in [-0.2, -0.15) is 0 Å². The zero-order valence-electron chi connectivity index (χ0n) is 7.79. The Morgan fingerprint density at radius 2 is 2.17 bits per heavy atom. The highest BCUT2D eigenvalue weighted by molar-refractivity contribution is 4.66. The van der Waals surface area contributed by atoms with E-state index in [0.717, 1.165) is 39.3 Å². The Morgan fingerprint density at radius 1 is 1.50 bits per heavy atom. The van der Waals surface area contributed by atoms with Crippen LogP contribution in [0.4, 0.5) is 0 Å². The van der Waals surface area contributed by atoms with E-state index in [1.807, 2.05) is 0 Å².